The van der Waals surface area contributed by atoms with Crippen molar-refractivity contribution in [3.8, 4) is 5.75 Å². The van der Waals surface area contributed by atoms with E-state index in [0.29, 0.717) is 11.3 Å². The molecule has 0 atom stereocenters. The van der Waals surface area contributed by atoms with Gasteiger partial charge in [-0.3, -0.25) is 14.9 Å². The van der Waals surface area contributed by atoms with Gasteiger partial charge in [0.1, 0.15) is 5.75 Å². The van der Waals surface area contributed by atoms with Crippen molar-refractivity contribution in [2.24, 2.45) is 0 Å². The van der Waals surface area contributed by atoms with Gasteiger partial charge in [-0.25, -0.2) is 4.79 Å². The Bertz CT molecular complexity index is 892. The third-order valence-electron chi connectivity index (χ3n) is 3.56. The van der Waals surface area contributed by atoms with E-state index >= 15 is 0 Å². The fourth-order valence-electron chi connectivity index (χ4n) is 2.14. The summed E-state index contributed by atoms with van der Waals surface area (Å²) in [6.07, 6.45) is 2.73. The maximum atomic E-state index is 11.9. The molecule has 2 rings (SSSR count). The Kier molecular flexibility index (Phi) is 6.65. The lowest BCUT2D eigenvalue weighted by molar-refractivity contribution is -0.384. The number of hydrogen-bond donors (Lipinski definition) is 1. The fourth-order valence-corrected chi connectivity index (χ4v) is 2.14. The molecule has 0 heterocycles. The predicted octanol–water partition coefficient (Wildman–Crippen LogP) is 3.11. The lowest BCUT2D eigenvalue weighted by Gasteiger charge is -2.08. The molecule has 0 aliphatic carbocycles. The number of anilines is 1. The van der Waals surface area contributed by atoms with Gasteiger partial charge in [0.25, 0.3) is 11.6 Å². The summed E-state index contributed by atoms with van der Waals surface area (Å²) in [6.45, 7) is 1.19. The Balaban J connectivity index is 1.89. The quantitative estimate of drug-likeness (QED) is 0.347. The number of rotatable bonds is 7. The summed E-state index contributed by atoms with van der Waals surface area (Å²) in [4.78, 5) is 33.9. The van der Waals surface area contributed by atoms with Gasteiger partial charge in [-0.05, 0) is 36.3 Å². The summed E-state index contributed by atoms with van der Waals surface area (Å²) in [6, 6.07) is 11.2. The van der Waals surface area contributed by atoms with Crippen LogP contribution in [-0.4, -0.2) is 30.5 Å². The van der Waals surface area contributed by atoms with E-state index in [2.05, 4.69) is 5.32 Å². The Morgan fingerprint density at radius 3 is 2.70 bits per heavy atom. The summed E-state index contributed by atoms with van der Waals surface area (Å²) in [5, 5.41) is 13.3. The van der Waals surface area contributed by atoms with Crippen LogP contribution in [0, 0.1) is 17.0 Å². The van der Waals surface area contributed by atoms with Gasteiger partial charge < -0.3 is 14.8 Å². The second-order valence-corrected chi connectivity index (χ2v) is 5.52. The number of nitro groups is 1. The summed E-state index contributed by atoms with van der Waals surface area (Å²) in [7, 11) is 1.54. The summed E-state index contributed by atoms with van der Waals surface area (Å²) in [5.41, 5.74) is 1.53. The van der Waals surface area contributed by atoms with Crippen LogP contribution in [0.5, 0.6) is 5.75 Å². The van der Waals surface area contributed by atoms with E-state index in [1.54, 1.807) is 38.3 Å². The van der Waals surface area contributed by atoms with Crippen LogP contribution in [0.25, 0.3) is 6.08 Å². The van der Waals surface area contributed by atoms with E-state index in [0.717, 1.165) is 5.56 Å². The number of amides is 1. The molecule has 0 saturated heterocycles. The molecule has 0 spiro atoms. The summed E-state index contributed by atoms with van der Waals surface area (Å²) < 4.78 is 9.95. The van der Waals surface area contributed by atoms with Crippen molar-refractivity contribution in [3.05, 3.63) is 69.8 Å². The van der Waals surface area contributed by atoms with E-state index in [-0.39, 0.29) is 11.4 Å². The number of aryl methyl sites for hydroxylation is 1. The normalized spacial score (nSPS) is 10.4. The number of carbonyl (C=O) groups excluding carboxylic acids is 2. The first kappa shape index (κ1) is 19.6. The van der Waals surface area contributed by atoms with Crippen LogP contribution in [0.4, 0.5) is 11.4 Å². The molecule has 0 saturated carbocycles. The third-order valence-corrected chi connectivity index (χ3v) is 3.56. The highest BCUT2D eigenvalue weighted by Crippen LogP contribution is 2.21. The van der Waals surface area contributed by atoms with Gasteiger partial charge >= 0.3 is 5.97 Å². The standard InChI is InChI=1S/C19H18N2O6/c1-13-6-8-15(21(24)25)11-17(13)20-18(22)12-27-19(23)9-7-14-4-3-5-16(10-14)26-2/h3-11H,12H2,1-2H3,(H,20,22)/b9-7+. The molecule has 2 aromatic rings. The summed E-state index contributed by atoms with van der Waals surface area (Å²) >= 11 is 0. The molecule has 0 radical (unpaired) electrons. The number of benzene rings is 2. The number of ether oxygens (including phenoxy) is 2. The van der Waals surface area contributed by atoms with Gasteiger partial charge in [0.2, 0.25) is 0 Å². The number of esters is 1. The van der Waals surface area contributed by atoms with Crippen LogP contribution in [0.1, 0.15) is 11.1 Å². The number of methoxy groups -OCH3 is 1. The summed E-state index contributed by atoms with van der Waals surface area (Å²) in [5.74, 6) is -0.636. The lowest BCUT2D eigenvalue weighted by atomic mass is 10.2. The van der Waals surface area contributed by atoms with E-state index in [1.165, 1.54) is 30.4 Å². The van der Waals surface area contributed by atoms with Crippen LogP contribution in [-0.2, 0) is 14.3 Å². The van der Waals surface area contributed by atoms with Crippen LogP contribution in [0.2, 0.25) is 0 Å². The van der Waals surface area contributed by atoms with Crippen molar-refractivity contribution < 1.29 is 24.0 Å². The maximum Gasteiger partial charge on any atom is 0.331 e. The molecule has 8 nitrogen and oxygen atoms in total. The van der Waals surface area contributed by atoms with E-state index < -0.39 is 23.4 Å². The molecule has 27 heavy (non-hydrogen) atoms. The SMILES string of the molecule is COc1cccc(/C=C/C(=O)OCC(=O)Nc2cc([N+](=O)[O-])ccc2C)c1. The van der Waals surface area contributed by atoms with E-state index in [9.17, 15) is 19.7 Å². The van der Waals surface area contributed by atoms with Gasteiger partial charge in [-0.1, -0.05) is 18.2 Å². The zero-order valence-electron chi connectivity index (χ0n) is 14.8. The average Bonchev–Trinajstić information content (AvgIpc) is 2.66. The van der Waals surface area contributed by atoms with Gasteiger partial charge in [0.15, 0.2) is 6.61 Å². The molecule has 0 aliphatic heterocycles. The smallest absolute Gasteiger partial charge is 0.331 e. The monoisotopic (exact) mass is 370 g/mol. The number of nitrogens with one attached hydrogen (secondary N) is 1. The molecular weight excluding hydrogens is 352 g/mol. The average molecular weight is 370 g/mol. The zero-order chi connectivity index (χ0) is 19.8. The van der Waals surface area contributed by atoms with Crippen molar-refractivity contribution in [1.82, 2.24) is 0 Å². The second-order valence-electron chi connectivity index (χ2n) is 5.52. The number of hydrogen-bond acceptors (Lipinski definition) is 6. The van der Waals surface area contributed by atoms with Crippen molar-refractivity contribution in [2.45, 2.75) is 6.92 Å². The molecule has 0 bridgehead atoms. The number of nitrogens with zero attached hydrogens (tertiary/aromatic N) is 1. The largest absolute Gasteiger partial charge is 0.497 e. The van der Waals surface area contributed by atoms with Gasteiger partial charge in [0, 0.05) is 18.2 Å². The van der Waals surface area contributed by atoms with Gasteiger partial charge in [-0.15, -0.1) is 0 Å². The Labute approximate surface area is 155 Å². The molecular formula is C19H18N2O6. The molecule has 0 aliphatic rings. The van der Waals surface area contributed by atoms with Gasteiger partial charge in [0.05, 0.1) is 17.7 Å². The molecule has 8 heteroatoms. The topological polar surface area (TPSA) is 108 Å². The minimum absolute atomic E-state index is 0.144. The lowest BCUT2D eigenvalue weighted by Crippen LogP contribution is -2.20. The molecule has 1 N–H and O–H groups in total. The van der Waals surface area contributed by atoms with E-state index in [1.807, 2.05) is 0 Å². The predicted molar refractivity (Wildman–Crippen MR) is 99.5 cm³/mol. The van der Waals surface area contributed by atoms with Crippen LogP contribution < -0.4 is 10.1 Å². The van der Waals surface area contributed by atoms with Crippen LogP contribution in [0.15, 0.2) is 48.5 Å². The first-order valence-corrected chi connectivity index (χ1v) is 7.93. The van der Waals surface area contributed by atoms with Crippen LogP contribution in [0.3, 0.4) is 0 Å². The molecule has 0 unspecified atom stereocenters. The van der Waals surface area contributed by atoms with Crippen molar-refractivity contribution >= 4 is 29.3 Å². The molecule has 140 valence electrons. The fraction of sp³-hybridized carbons (Fsp3) is 0.158. The number of nitro benzene ring substituents is 1. The first-order valence-electron chi connectivity index (χ1n) is 7.93. The molecule has 2 aromatic carbocycles. The third kappa shape index (κ3) is 5.96. The number of non-ortho nitro benzene ring substituents is 1. The molecule has 0 aromatic heterocycles. The highest BCUT2D eigenvalue weighted by molar-refractivity contribution is 5.95. The first-order chi connectivity index (χ1) is 12.9. The highest BCUT2D eigenvalue weighted by Gasteiger charge is 2.12. The maximum absolute atomic E-state index is 11.9. The van der Waals surface area contributed by atoms with Crippen molar-refractivity contribution in [2.75, 3.05) is 19.0 Å². The highest BCUT2D eigenvalue weighted by atomic mass is 16.6. The second kappa shape index (κ2) is 9.14. The van der Waals surface area contributed by atoms with Crippen LogP contribution >= 0.6 is 0 Å². The van der Waals surface area contributed by atoms with Crippen molar-refractivity contribution in [1.29, 1.82) is 0 Å². The van der Waals surface area contributed by atoms with Gasteiger partial charge in [-0.2, -0.15) is 0 Å². The Hall–Kier alpha value is -3.68. The molecule has 0 fully saturated rings. The Morgan fingerprint density at radius 2 is 2.00 bits per heavy atom. The zero-order valence-corrected chi connectivity index (χ0v) is 14.8. The van der Waals surface area contributed by atoms with E-state index in [4.69, 9.17) is 9.47 Å². The minimum atomic E-state index is -0.691. The molecule has 1 amide bonds. The minimum Gasteiger partial charge on any atom is -0.497 e. The van der Waals surface area contributed by atoms with Crippen molar-refractivity contribution in [3.63, 3.8) is 0 Å². The Morgan fingerprint density at radius 1 is 1.22 bits per heavy atom. The number of carbonyl (C=O) groups is 2.